The zero-order valence-electron chi connectivity index (χ0n) is 8.78. The summed E-state index contributed by atoms with van der Waals surface area (Å²) in [5, 5.41) is 3.81. The van der Waals surface area contributed by atoms with Crippen LogP contribution in [0.3, 0.4) is 0 Å². The van der Waals surface area contributed by atoms with Crippen LogP contribution in [0.5, 0.6) is 0 Å². The first-order chi connectivity index (χ1) is 7.77. The van der Waals surface area contributed by atoms with Gasteiger partial charge in [-0.2, -0.15) is 0 Å². The number of benzene rings is 3. The van der Waals surface area contributed by atoms with Crippen molar-refractivity contribution in [3.63, 3.8) is 0 Å². The van der Waals surface area contributed by atoms with Crippen LogP contribution in [-0.2, 0) is 0 Å². The predicted octanol–water partition coefficient (Wildman–Crippen LogP) is 5.21. The predicted molar refractivity (Wildman–Crippen MR) is 73.7 cm³/mol. The van der Waals surface area contributed by atoms with Gasteiger partial charge in [0.05, 0.1) is 5.02 Å². The minimum atomic E-state index is -0.343. The maximum Gasteiger partial charge on any atom is 0.149 e. The second-order valence-corrected chi connectivity index (χ2v) is 4.15. The van der Waals surface area contributed by atoms with Gasteiger partial charge in [0.1, 0.15) is 5.82 Å². The summed E-state index contributed by atoms with van der Waals surface area (Å²) >= 11 is 5.76. The lowest BCUT2D eigenvalue weighted by atomic mass is 10.0. The van der Waals surface area contributed by atoms with Crippen LogP contribution in [0.4, 0.5) is 4.39 Å². The second-order valence-electron chi connectivity index (χ2n) is 3.74. The molecule has 0 aliphatic heterocycles. The number of halogens is 3. The molecule has 0 nitrogen and oxygen atoms in total. The Morgan fingerprint density at radius 3 is 2.29 bits per heavy atom. The van der Waals surface area contributed by atoms with Crippen LogP contribution in [-0.4, -0.2) is 0 Å². The molecule has 0 unspecified atom stereocenters. The summed E-state index contributed by atoms with van der Waals surface area (Å²) in [4.78, 5) is 0. The summed E-state index contributed by atoms with van der Waals surface area (Å²) in [6, 6.07) is 15.1. The molecule has 3 aromatic carbocycles. The van der Waals surface area contributed by atoms with Crippen molar-refractivity contribution >= 4 is 45.6 Å². The van der Waals surface area contributed by atoms with Gasteiger partial charge in [-0.3, -0.25) is 0 Å². The van der Waals surface area contributed by atoms with Crippen molar-refractivity contribution < 1.29 is 4.39 Å². The molecular weight excluding hydrogens is 258 g/mol. The molecule has 3 heteroatoms. The Bertz CT molecular complexity index is 692. The fraction of sp³-hybridized carbons (Fsp3) is 0. The van der Waals surface area contributed by atoms with E-state index in [-0.39, 0.29) is 23.2 Å². The summed E-state index contributed by atoms with van der Waals surface area (Å²) in [5.41, 5.74) is 0. The van der Waals surface area contributed by atoms with Gasteiger partial charge < -0.3 is 0 Å². The van der Waals surface area contributed by atoms with E-state index in [4.69, 9.17) is 11.6 Å². The molecule has 0 atom stereocenters. The molecule has 0 bridgehead atoms. The first-order valence-electron chi connectivity index (χ1n) is 5.03. The highest BCUT2D eigenvalue weighted by atomic mass is 35.5. The fourth-order valence-electron chi connectivity index (χ4n) is 2.02. The Labute approximate surface area is 109 Å². The third kappa shape index (κ3) is 1.86. The van der Waals surface area contributed by atoms with E-state index in [9.17, 15) is 4.39 Å². The largest absolute Gasteiger partial charge is 0.205 e. The molecule has 0 saturated heterocycles. The van der Waals surface area contributed by atoms with Gasteiger partial charge in [-0.05, 0) is 22.2 Å². The first kappa shape index (κ1) is 12.2. The van der Waals surface area contributed by atoms with Gasteiger partial charge in [-0.15, -0.1) is 12.4 Å². The third-order valence-electron chi connectivity index (χ3n) is 2.81. The SMILES string of the molecule is Cl.Fc1c(Cl)ccc2c1ccc1ccccc12. The van der Waals surface area contributed by atoms with Gasteiger partial charge >= 0.3 is 0 Å². The first-order valence-corrected chi connectivity index (χ1v) is 5.40. The molecule has 0 aliphatic rings. The Morgan fingerprint density at radius 2 is 1.47 bits per heavy atom. The topological polar surface area (TPSA) is 0 Å². The molecule has 17 heavy (non-hydrogen) atoms. The second kappa shape index (κ2) is 4.52. The quantitative estimate of drug-likeness (QED) is 0.490. The molecule has 0 N–H and O–H groups in total. The van der Waals surface area contributed by atoms with Crippen LogP contribution in [0.1, 0.15) is 0 Å². The summed E-state index contributed by atoms with van der Waals surface area (Å²) in [6.45, 7) is 0. The van der Waals surface area contributed by atoms with Gasteiger partial charge in [0.15, 0.2) is 0 Å². The highest BCUT2D eigenvalue weighted by Crippen LogP contribution is 2.30. The number of hydrogen-bond acceptors (Lipinski definition) is 0. The van der Waals surface area contributed by atoms with Crippen molar-refractivity contribution in [2.24, 2.45) is 0 Å². The molecule has 0 fully saturated rings. The average molecular weight is 267 g/mol. The van der Waals surface area contributed by atoms with E-state index >= 15 is 0 Å². The fourth-order valence-corrected chi connectivity index (χ4v) is 2.19. The summed E-state index contributed by atoms with van der Waals surface area (Å²) in [5.74, 6) is -0.343. The molecule has 3 aromatic rings. The molecule has 0 radical (unpaired) electrons. The standard InChI is InChI=1S/C14H8ClF.ClH/c15-13-8-7-11-10-4-2-1-3-9(10)5-6-12(11)14(13)16;/h1-8H;1H. The molecule has 0 amide bonds. The maximum atomic E-state index is 13.8. The zero-order chi connectivity index (χ0) is 11.1. The number of fused-ring (bicyclic) bond motifs is 3. The monoisotopic (exact) mass is 266 g/mol. The van der Waals surface area contributed by atoms with Crippen LogP contribution in [0, 0.1) is 5.82 Å². The summed E-state index contributed by atoms with van der Waals surface area (Å²) in [6.07, 6.45) is 0. The highest BCUT2D eigenvalue weighted by Gasteiger charge is 2.07. The molecule has 86 valence electrons. The van der Waals surface area contributed by atoms with E-state index < -0.39 is 0 Å². The lowest BCUT2D eigenvalue weighted by Gasteiger charge is -2.05. The smallest absolute Gasteiger partial charge is 0.149 e. The maximum absolute atomic E-state index is 13.8. The molecule has 0 heterocycles. The van der Waals surface area contributed by atoms with Crippen molar-refractivity contribution in [1.29, 1.82) is 0 Å². The third-order valence-corrected chi connectivity index (χ3v) is 3.11. The lowest BCUT2D eigenvalue weighted by Crippen LogP contribution is -1.83. The van der Waals surface area contributed by atoms with E-state index in [0.29, 0.717) is 5.39 Å². The van der Waals surface area contributed by atoms with Crippen LogP contribution < -0.4 is 0 Å². The Hall–Kier alpha value is -1.31. The van der Waals surface area contributed by atoms with E-state index in [2.05, 4.69) is 0 Å². The van der Waals surface area contributed by atoms with Gasteiger partial charge in [0.25, 0.3) is 0 Å². The Kier molecular flexibility index (Phi) is 3.23. The van der Waals surface area contributed by atoms with Crippen molar-refractivity contribution in [3.8, 4) is 0 Å². The van der Waals surface area contributed by atoms with Crippen molar-refractivity contribution in [2.45, 2.75) is 0 Å². The molecule has 0 aromatic heterocycles. The lowest BCUT2D eigenvalue weighted by molar-refractivity contribution is 0.640. The Balaban J connectivity index is 0.00000108. The Morgan fingerprint density at radius 1 is 0.765 bits per heavy atom. The number of rotatable bonds is 0. The van der Waals surface area contributed by atoms with Gasteiger partial charge in [-0.1, -0.05) is 54.1 Å². The van der Waals surface area contributed by atoms with E-state index in [1.165, 1.54) is 0 Å². The van der Waals surface area contributed by atoms with Crippen LogP contribution >= 0.6 is 24.0 Å². The summed E-state index contributed by atoms with van der Waals surface area (Å²) < 4.78 is 13.8. The minimum absolute atomic E-state index is 0. The van der Waals surface area contributed by atoms with E-state index in [1.807, 2.05) is 36.4 Å². The van der Waals surface area contributed by atoms with Crippen molar-refractivity contribution in [2.75, 3.05) is 0 Å². The zero-order valence-corrected chi connectivity index (χ0v) is 10.4. The molecule has 0 spiro atoms. The highest BCUT2D eigenvalue weighted by molar-refractivity contribution is 6.31. The van der Waals surface area contributed by atoms with E-state index in [0.717, 1.165) is 16.2 Å². The van der Waals surface area contributed by atoms with Crippen LogP contribution in [0.25, 0.3) is 21.5 Å². The van der Waals surface area contributed by atoms with Crippen LogP contribution in [0.15, 0.2) is 48.5 Å². The normalized spacial score (nSPS) is 10.5. The van der Waals surface area contributed by atoms with Gasteiger partial charge in [0, 0.05) is 5.39 Å². The van der Waals surface area contributed by atoms with Crippen molar-refractivity contribution in [3.05, 3.63) is 59.4 Å². The van der Waals surface area contributed by atoms with Crippen molar-refractivity contribution in [1.82, 2.24) is 0 Å². The average Bonchev–Trinajstić information content (AvgIpc) is 2.33. The van der Waals surface area contributed by atoms with Gasteiger partial charge in [0.2, 0.25) is 0 Å². The summed E-state index contributed by atoms with van der Waals surface area (Å²) in [7, 11) is 0. The van der Waals surface area contributed by atoms with Crippen LogP contribution in [0.2, 0.25) is 5.02 Å². The molecule has 0 aliphatic carbocycles. The number of hydrogen-bond donors (Lipinski definition) is 0. The van der Waals surface area contributed by atoms with Gasteiger partial charge in [-0.25, -0.2) is 4.39 Å². The molecule has 0 saturated carbocycles. The molecular formula is C14H9Cl2F. The molecule has 3 rings (SSSR count). The van der Waals surface area contributed by atoms with E-state index in [1.54, 1.807) is 12.1 Å². The minimum Gasteiger partial charge on any atom is -0.205 e.